The first-order valence-corrected chi connectivity index (χ1v) is 9.69. The molecule has 0 radical (unpaired) electrons. The number of amides is 2. The molecule has 0 saturated carbocycles. The summed E-state index contributed by atoms with van der Waals surface area (Å²) in [6.07, 6.45) is 3.24. The van der Waals surface area contributed by atoms with Crippen LogP contribution in [0.2, 0.25) is 0 Å². The van der Waals surface area contributed by atoms with Crippen molar-refractivity contribution in [3.8, 4) is 11.5 Å². The van der Waals surface area contributed by atoms with E-state index in [1.165, 1.54) is 18.2 Å². The Balaban J connectivity index is 1.30. The van der Waals surface area contributed by atoms with Gasteiger partial charge >= 0.3 is 0 Å². The lowest BCUT2D eigenvalue weighted by atomic mass is 9.77. The highest BCUT2D eigenvalue weighted by atomic mass is 19.1. The van der Waals surface area contributed by atoms with E-state index in [4.69, 9.17) is 14.2 Å². The molecule has 0 unspecified atom stereocenters. The lowest BCUT2D eigenvalue weighted by Gasteiger charge is -2.23. The molecule has 7 nitrogen and oxygen atoms in total. The SMILES string of the molecule is O=C(Nc1cccc(F)c1)[C@H]1[C@@H]2C=C[C@]3(CN(c4ccc5c(c4)OCO5)C(=O)[C@@H]13)O2. The van der Waals surface area contributed by atoms with Gasteiger partial charge in [0.15, 0.2) is 11.5 Å². The molecule has 2 amide bonds. The molecular formula is C22H17FN2O5. The van der Waals surface area contributed by atoms with Crippen molar-refractivity contribution in [1.29, 1.82) is 0 Å². The Morgan fingerprint density at radius 2 is 2.03 bits per heavy atom. The van der Waals surface area contributed by atoms with Gasteiger partial charge in [0.25, 0.3) is 0 Å². The van der Waals surface area contributed by atoms with Crippen LogP contribution >= 0.6 is 0 Å². The minimum Gasteiger partial charge on any atom is -0.454 e. The summed E-state index contributed by atoms with van der Waals surface area (Å²) in [5.74, 6) is -1.11. The predicted octanol–water partition coefficient (Wildman–Crippen LogP) is 2.48. The molecule has 30 heavy (non-hydrogen) atoms. The van der Waals surface area contributed by atoms with Gasteiger partial charge in [-0.2, -0.15) is 0 Å². The Kier molecular flexibility index (Phi) is 3.53. The number of nitrogens with one attached hydrogen (secondary N) is 1. The van der Waals surface area contributed by atoms with Crippen molar-refractivity contribution in [1.82, 2.24) is 0 Å². The first kappa shape index (κ1) is 17.5. The van der Waals surface area contributed by atoms with Gasteiger partial charge in [0, 0.05) is 17.4 Å². The van der Waals surface area contributed by atoms with Gasteiger partial charge in [0.2, 0.25) is 18.6 Å². The first-order valence-electron chi connectivity index (χ1n) is 9.69. The van der Waals surface area contributed by atoms with Crippen LogP contribution in [0.1, 0.15) is 0 Å². The average Bonchev–Trinajstić information content (AvgIpc) is 3.48. The smallest absolute Gasteiger partial charge is 0.234 e. The summed E-state index contributed by atoms with van der Waals surface area (Å²) in [6, 6.07) is 11.0. The molecule has 2 saturated heterocycles. The van der Waals surface area contributed by atoms with E-state index in [1.807, 2.05) is 12.2 Å². The number of nitrogens with zero attached hydrogens (tertiary/aromatic N) is 1. The number of benzene rings is 2. The van der Waals surface area contributed by atoms with Gasteiger partial charge in [-0.15, -0.1) is 0 Å². The van der Waals surface area contributed by atoms with Crippen molar-refractivity contribution in [2.75, 3.05) is 23.6 Å². The van der Waals surface area contributed by atoms with Crippen LogP contribution < -0.4 is 19.7 Å². The van der Waals surface area contributed by atoms with E-state index in [1.54, 1.807) is 29.2 Å². The van der Waals surface area contributed by atoms with E-state index >= 15 is 0 Å². The number of anilines is 2. The summed E-state index contributed by atoms with van der Waals surface area (Å²) in [6.45, 7) is 0.460. The van der Waals surface area contributed by atoms with Crippen molar-refractivity contribution in [3.05, 3.63) is 60.4 Å². The second kappa shape index (κ2) is 6.06. The maximum atomic E-state index is 13.5. The highest BCUT2D eigenvalue weighted by Crippen LogP contribution is 2.53. The molecule has 4 heterocycles. The second-order valence-corrected chi connectivity index (χ2v) is 7.86. The highest BCUT2D eigenvalue weighted by molar-refractivity contribution is 6.05. The quantitative estimate of drug-likeness (QED) is 0.790. The Bertz CT molecular complexity index is 1120. The van der Waals surface area contributed by atoms with E-state index < -0.39 is 29.4 Å². The zero-order valence-electron chi connectivity index (χ0n) is 15.7. The lowest BCUT2D eigenvalue weighted by Crippen LogP contribution is -2.41. The van der Waals surface area contributed by atoms with E-state index in [-0.39, 0.29) is 18.6 Å². The molecule has 2 bridgehead atoms. The summed E-state index contributed by atoms with van der Waals surface area (Å²) >= 11 is 0. The summed E-state index contributed by atoms with van der Waals surface area (Å²) < 4.78 is 30.4. The Labute approximate surface area is 171 Å². The fourth-order valence-corrected chi connectivity index (χ4v) is 4.86. The molecule has 1 N–H and O–H groups in total. The number of rotatable bonds is 3. The molecule has 2 fully saturated rings. The van der Waals surface area contributed by atoms with Crippen LogP contribution in [-0.2, 0) is 14.3 Å². The van der Waals surface area contributed by atoms with E-state index in [2.05, 4.69) is 5.32 Å². The van der Waals surface area contributed by atoms with Gasteiger partial charge in [-0.25, -0.2) is 4.39 Å². The summed E-state index contributed by atoms with van der Waals surface area (Å²) in [4.78, 5) is 28.1. The largest absolute Gasteiger partial charge is 0.454 e. The zero-order valence-corrected chi connectivity index (χ0v) is 15.7. The molecule has 6 rings (SSSR count). The Morgan fingerprint density at radius 1 is 1.17 bits per heavy atom. The van der Waals surface area contributed by atoms with Crippen LogP contribution in [0.25, 0.3) is 0 Å². The lowest BCUT2D eigenvalue weighted by molar-refractivity contribution is -0.128. The number of halogens is 1. The molecule has 0 aromatic heterocycles. The fraction of sp³-hybridized carbons (Fsp3) is 0.273. The van der Waals surface area contributed by atoms with Crippen LogP contribution in [0.5, 0.6) is 11.5 Å². The third-order valence-corrected chi connectivity index (χ3v) is 6.16. The van der Waals surface area contributed by atoms with Crippen molar-refractivity contribution in [2.24, 2.45) is 11.8 Å². The average molecular weight is 408 g/mol. The zero-order chi connectivity index (χ0) is 20.5. The Morgan fingerprint density at radius 3 is 2.90 bits per heavy atom. The molecule has 152 valence electrons. The number of carbonyl (C=O) groups is 2. The topological polar surface area (TPSA) is 77.1 Å². The van der Waals surface area contributed by atoms with Crippen molar-refractivity contribution >= 4 is 23.2 Å². The monoisotopic (exact) mass is 408 g/mol. The van der Waals surface area contributed by atoms with Crippen molar-refractivity contribution < 1.29 is 28.2 Å². The van der Waals surface area contributed by atoms with Crippen molar-refractivity contribution in [2.45, 2.75) is 11.7 Å². The van der Waals surface area contributed by atoms with Crippen LogP contribution in [-0.4, -0.2) is 36.9 Å². The van der Waals surface area contributed by atoms with E-state index in [0.717, 1.165) is 0 Å². The van der Waals surface area contributed by atoms with Gasteiger partial charge < -0.3 is 24.4 Å². The number of ether oxygens (including phenoxy) is 3. The third kappa shape index (κ3) is 2.40. The van der Waals surface area contributed by atoms with Crippen LogP contribution in [0.3, 0.4) is 0 Å². The van der Waals surface area contributed by atoms with Gasteiger partial charge in [-0.05, 0) is 30.3 Å². The molecule has 2 aromatic carbocycles. The van der Waals surface area contributed by atoms with Gasteiger partial charge in [-0.1, -0.05) is 18.2 Å². The van der Waals surface area contributed by atoms with Crippen LogP contribution in [0.15, 0.2) is 54.6 Å². The maximum absolute atomic E-state index is 13.5. The summed E-state index contributed by atoms with van der Waals surface area (Å²) in [7, 11) is 0. The molecule has 4 atom stereocenters. The normalized spacial score (nSPS) is 30.1. The predicted molar refractivity (Wildman–Crippen MR) is 104 cm³/mol. The molecule has 1 spiro atoms. The second-order valence-electron chi connectivity index (χ2n) is 7.86. The molecule has 4 aliphatic heterocycles. The minimum atomic E-state index is -0.845. The molecule has 8 heteroatoms. The number of fused-ring (bicyclic) bond motifs is 2. The first-order chi connectivity index (χ1) is 14.5. The molecule has 2 aromatic rings. The van der Waals surface area contributed by atoms with Crippen LogP contribution in [0.4, 0.5) is 15.8 Å². The minimum absolute atomic E-state index is 0.148. The third-order valence-electron chi connectivity index (χ3n) is 6.16. The maximum Gasteiger partial charge on any atom is 0.234 e. The number of hydrogen-bond acceptors (Lipinski definition) is 5. The molecule has 0 aliphatic carbocycles. The number of carbonyl (C=O) groups excluding carboxylic acids is 2. The Hall–Kier alpha value is -3.39. The van der Waals surface area contributed by atoms with Crippen molar-refractivity contribution in [3.63, 3.8) is 0 Å². The van der Waals surface area contributed by atoms with E-state index in [0.29, 0.717) is 29.4 Å². The van der Waals surface area contributed by atoms with Gasteiger partial charge in [0.1, 0.15) is 11.4 Å². The molecule has 4 aliphatic rings. The highest BCUT2D eigenvalue weighted by Gasteiger charge is 2.67. The fourth-order valence-electron chi connectivity index (χ4n) is 4.86. The van der Waals surface area contributed by atoms with Gasteiger partial charge in [0.05, 0.1) is 24.5 Å². The molecular weight excluding hydrogens is 391 g/mol. The van der Waals surface area contributed by atoms with E-state index in [9.17, 15) is 14.0 Å². The standard InChI is InChI=1S/C22H17FN2O5/c23-12-2-1-3-13(8-12)24-20(26)18-16-6-7-22(30-16)10-25(21(27)19(18)22)14-4-5-15-17(9-14)29-11-28-15/h1-9,16,18-19H,10-11H2,(H,24,26)/t16-,18-,19+,22+/m0/s1. The summed E-state index contributed by atoms with van der Waals surface area (Å²) in [5.41, 5.74) is 0.166. The van der Waals surface area contributed by atoms with Gasteiger partial charge in [-0.3, -0.25) is 9.59 Å². The summed E-state index contributed by atoms with van der Waals surface area (Å²) in [5, 5.41) is 2.73. The number of hydrogen-bond donors (Lipinski definition) is 1. The van der Waals surface area contributed by atoms with Crippen LogP contribution in [0, 0.1) is 17.7 Å².